The molecular formula is C16H12ClF3. The molecule has 1 atom stereocenters. The van der Waals surface area contributed by atoms with E-state index in [1.54, 1.807) is 37.3 Å². The second-order valence-electron chi connectivity index (χ2n) is 5.34. The molecule has 0 spiro atoms. The van der Waals surface area contributed by atoms with Crippen LogP contribution in [0.25, 0.3) is 11.1 Å². The molecule has 0 bridgehead atoms. The standard InChI is InChI=1S/C16H12ClF3/c1-9-7-12-14(13(17)8-9)10-5-3-4-6-11(10)15(12,2)16(18,19)20/h3-8H,1-2H3. The average Bonchev–Trinajstić information content (AvgIpc) is 2.61. The van der Waals surface area contributed by atoms with Gasteiger partial charge in [-0.15, -0.1) is 0 Å². The summed E-state index contributed by atoms with van der Waals surface area (Å²) in [5.74, 6) is 0. The number of aryl methyl sites for hydroxylation is 1. The molecule has 0 heterocycles. The lowest BCUT2D eigenvalue weighted by Crippen LogP contribution is -2.38. The Balaban J connectivity index is 2.47. The number of benzene rings is 2. The molecule has 104 valence electrons. The molecule has 0 radical (unpaired) electrons. The molecule has 20 heavy (non-hydrogen) atoms. The molecular weight excluding hydrogens is 285 g/mol. The molecule has 0 fully saturated rings. The third-order valence-electron chi connectivity index (χ3n) is 4.08. The first-order chi connectivity index (χ1) is 9.26. The van der Waals surface area contributed by atoms with Crippen LogP contribution in [0.2, 0.25) is 5.02 Å². The van der Waals surface area contributed by atoms with Gasteiger partial charge in [0.25, 0.3) is 0 Å². The van der Waals surface area contributed by atoms with Gasteiger partial charge in [-0.1, -0.05) is 41.9 Å². The second kappa shape index (κ2) is 4.01. The quantitative estimate of drug-likeness (QED) is 0.602. The highest BCUT2D eigenvalue weighted by atomic mass is 35.5. The molecule has 0 amide bonds. The number of alkyl halides is 3. The molecule has 3 rings (SSSR count). The highest BCUT2D eigenvalue weighted by Crippen LogP contribution is 2.57. The lowest BCUT2D eigenvalue weighted by atomic mass is 9.79. The lowest BCUT2D eigenvalue weighted by molar-refractivity contribution is -0.172. The van der Waals surface area contributed by atoms with Gasteiger partial charge < -0.3 is 0 Å². The number of hydrogen-bond donors (Lipinski definition) is 0. The van der Waals surface area contributed by atoms with Crippen LogP contribution in [-0.4, -0.2) is 6.18 Å². The summed E-state index contributed by atoms with van der Waals surface area (Å²) in [6.07, 6.45) is -4.37. The molecule has 0 aromatic heterocycles. The van der Waals surface area contributed by atoms with Crippen molar-refractivity contribution in [3.63, 3.8) is 0 Å². The molecule has 0 nitrogen and oxygen atoms in total. The first-order valence-corrected chi connectivity index (χ1v) is 6.62. The smallest absolute Gasteiger partial charge is 0.170 e. The Kier molecular flexibility index (Phi) is 2.71. The van der Waals surface area contributed by atoms with E-state index in [9.17, 15) is 13.2 Å². The van der Waals surface area contributed by atoms with E-state index in [0.29, 0.717) is 16.1 Å². The minimum Gasteiger partial charge on any atom is -0.170 e. The van der Waals surface area contributed by atoms with Crippen LogP contribution in [0.3, 0.4) is 0 Å². The van der Waals surface area contributed by atoms with Gasteiger partial charge in [-0.2, -0.15) is 13.2 Å². The molecule has 0 N–H and O–H groups in total. The fourth-order valence-corrected chi connectivity index (χ4v) is 3.37. The summed E-state index contributed by atoms with van der Waals surface area (Å²) in [7, 11) is 0. The van der Waals surface area contributed by atoms with Crippen molar-refractivity contribution in [1.82, 2.24) is 0 Å². The lowest BCUT2D eigenvalue weighted by Gasteiger charge is -2.30. The van der Waals surface area contributed by atoms with Crippen LogP contribution >= 0.6 is 11.6 Å². The van der Waals surface area contributed by atoms with E-state index in [0.717, 1.165) is 5.56 Å². The van der Waals surface area contributed by atoms with Crippen molar-refractivity contribution >= 4 is 11.6 Å². The van der Waals surface area contributed by atoms with Gasteiger partial charge in [0.1, 0.15) is 5.41 Å². The summed E-state index contributed by atoms with van der Waals surface area (Å²) in [5.41, 5.74) is 0.331. The van der Waals surface area contributed by atoms with Gasteiger partial charge >= 0.3 is 6.18 Å². The second-order valence-corrected chi connectivity index (χ2v) is 5.74. The molecule has 2 aromatic carbocycles. The molecule has 0 aliphatic heterocycles. The summed E-state index contributed by atoms with van der Waals surface area (Å²) >= 11 is 6.21. The van der Waals surface area contributed by atoms with E-state index < -0.39 is 11.6 Å². The predicted molar refractivity (Wildman–Crippen MR) is 74.1 cm³/mol. The zero-order chi connectivity index (χ0) is 14.7. The molecule has 0 saturated heterocycles. The van der Waals surface area contributed by atoms with Gasteiger partial charge in [0, 0.05) is 10.6 Å². The van der Waals surface area contributed by atoms with Crippen molar-refractivity contribution in [3.05, 3.63) is 58.1 Å². The van der Waals surface area contributed by atoms with Crippen molar-refractivity contribution in [2.45, 2.75) is 25.4 Å². The van der Waals surface area contributed by atoms with Crippen LogP contribution in [-0.2, 0) is 5.41 Å². The van der Waals surface area contributed by atoms with Crippen molar-refractivity contribution in [2.24, 2.45) is 0 Å². The third kappa shape index (κ3) is 1.56. The van der Waals surface area contributed by atoms with Crippen LogP contribution < -0.4 is 0 Å². The van der Waals surface area contributed by atoms with E-state index in [-0.39, 0.29) is 11.1 Å². The van der Waals surface area contributed by atoms with Gasteiger partial charge in [-0.05, 0) is 42.2 Å². The zero-order valence-electron chi connectivity index (χ0n) is 11.0. The average molecular weight is 297 g/mol. The summed E-state index contributed by atoms with van der Waals surface area (Å²) in [6.45, 7) is 2.99. The van der Waals surface area contributed by atoms with Crippen LogP contribution in [0, 0.1) is 6.92 Å². The van der Waals surface area contributed by atoms with Crippen LogP contribution in [0.5, 0.6) is 0 Å². The maximum Gasteiger partial charge on any atom is 0.402 e. The minimum atomic E-state index is -4.37. The van der Waals surface area contributed by atoms with Crippen molar-refractivity contribution in [3.8, 4) is 11.1 Å². The van der Waals surface area contributed by atoms with Crippen molar-refractivity contribution < 1.29 is 13.2 Å². The third-order valence-corrected chi connectivity index (χ3v) is 4.37. The Labute approximate surface area is 120 Å². The Hall–Kier alpha value is -1.48. The number of fused-ring (bicyclic) bond motifs is 3. The number of halogens is 4. The van der Waals surface area contributed by atoms with Crippen molar-refractivity contribution in [2.75, 3.05) is 0 Å². The topological polar surface area (TPSA) is 0 Å². The first-order valence-electron chi connectivity index (χ1n) is 6.24. The molecule has 1 aliphatic rings. The normalized spacial score (nSPS) is 20.7. The predicted octanol–water partition coefficient (Wildman–Crippen LogP) is 5.50. The number of hydrogen-bond acceptors (Lipinski definition) is 0. The Morgan fingerprint density at radius 2 is 1.70 bits per heavy atom. The highest BCUT2D eigenvalue weighted by molar-refractivity contribution is 6.34. The summed E-state index contributed by atoms with van der Waals surface area (Å²) < 4.78 is 41.2. The summed E-state index contributed by atoms with van der Waals surface area (Å²) in [5, 5.41) is 0.375. The Morgan fingerprint density at radius 3 is 2.35 bits per heavy atom. The van der Waals surface area contributed by atoms with Gasteiger partial charge in [-0.25, -0.2) is 0 Å². The monoisotopic (exact) mass is 296 g/mol. The molecule has 1 aliphatic carbocycles. The van der Waals surface area contributed by atoms with Gasteiger partial charge in [0.15, 0.2) is 0 Å². The molecule has 0 saturated carbocycles. The van der Waals surface area contributed by atoms with E-state index in [1.807, 2.05) is 0 Å². The van der Waals surface area contributed by atoms with E-state index >= 15 is 0 Å². The first kappa shape index (κ1) is 13.5. The Morgan fingerprint density at radius 1 is 1.05 bits per heavy atom. The minimum absolute atomic E-state index is 0.246. The van der Waals surface area contributed by atoms with Crippen LogP contribution in [0.15, 0.2) is 36.4 Å². The maximum absolute atomic E-state index is 13.7. The van der Waals surface area contributed by atoms with Gasteiger partial charge in [0.2, 0.25) is 0 Å². The highest BCUT2D eigenvalue weighted by Gasteiger charge is 2.58. The summed E-state index contributed by atoms with van der Waals surface area (Å²) in [4.78, 5) is 0. The fraction of sp³-hybridized carbons (Fsp3) is 0.250. The number of rotatable bonds is 0. The summed E-state index contributed by atoms with van der Waals surface area (Å²) in [6, 6.07) is 9.91. The van der Waals surface area contributed by atoms with E-state index in [1.165, 1.54) is 13.0 Å². The molecule has 2 aromatic rings. The molecule has 1 unspecified atom stereocenters. The SMILES string of the molecule is Cc1cc(Cl)c2c(c1)C(C)(C(F)(F)F)c1ccccc1-2. The molecule has 4 heteroatoms. The van der Waals surface area contributed by atoms with Gasteiger partial charge in [-0.3, -0.25) is 0 Å². The van der Waals surface area contributed by atoms with E-state index in [2.05, 4.69) is 0 Å². The Bertz CT molecular complexity index is 703. The van der Waals surface area contributed by atoms with Crippen LogP contribution in [0.1, 0.15) is 23.6 Å². The fourth-order valence-electron chi connectivity index (χ4n) is 3.00. The zero-order valence-corrected chi connectivity index (χ0v) is 11.7. The van der Waals surface area contributed by atoms with Crippen molar-refractivity contribution in [1.29, 1.82) is 0 Å². The largest absolute Gasteiger partial charge is 0.402 e. The van der Waals surface area contributed by atoms with E-state index in [4.69, 9.17) is 11.6 Å². The van der Waals surface area contributed by atoms with Crippen LogP contribution in [0.4, 0.5) is 13.2 Å². The maximum atomic E-state index is 13.7. The van der Waals surface area contributed by atoms with Gasteiger partial charge in [0.05, 0.1) is 0 Å².